The van der Waals surface area contributed by atoms with Crippen LogP contribution in [0.25, 0.3) is 10.9 Å². The first-order chi connectivity index (χ1) is 24.7. The first kappa shape index (κ1) is 35.8. The summed E-state index contributed by atoms with van der Waals surface area (Å²) in [4.78, 5) is 62.6. The first-order valence-corrected chi connectivity index (χ1v) is 17.2. The maximum absolute atomic E-state index is 15.2. The molecule has 1 aliphatic rings. The van der Waals surface area contributed by atoms with Crippen molar-refractivity contribution in [2.45, 2.75) is 59.6 Å². The Morgan fingerprint density at radius 2 is 1.44 bits per heavy atom. The third-order valence-corrected chi connectivity index (χ3v) is 9.00. The van der Waals surface area contributed by atoms with Gasteiger partial charge in [-0.1, -0.05) is 48.5 Å². The Balaban J connectivity index is 1.49. The van der Waals surface area contributed by atoms with Crippen molar-refractivity contribution in [1.82, 2.24) is 9.78 Å². The van der Waals surface area contributed by atoms with Crippen LogP contribution in [0.15, 0.2) is 103 Å². The van der Waals surface area contributed by atoms with E-state index in [1.165, 1.54) is 14.5 Å². The standard InChI is InChI=1S/C41H43N5O6/c1-27(2)44(29-21-23-30(51-7)24-22-29)36(47)26-43-34-19-13-14-20-35(34)45(28-15-9-8-10-16-28)38(49)41(6,37(43)48)25-32-31-17-11-12-18-33(31)46(42-32)39(50)52-40(3,4)5/h8-24,27H,25-26H2,1-7H3. The lowest BCUT2D eigenvalue weighted by Gasteiger charge is -2.33. The molecule has 5 aromatic rings. The van der Waals surface area contributed by atoms with Crippen LogP contribution >= 0.6 is 0 Å². The van der Waals surface area contributed by atoms with Crippen molar-refractivity contribution in [3.05, 3.63) is 109 Å². The van der Waals surface area contributed by atoms with E-state index in [4.69, 9.17) is 9.47 Å². The minimum Gasteiger partial charge on any atom is -0.497 e. The molecule has 1 aliphatic heterocycles. The van der Waals surface area contributed by atoms with Gasteiger partial charge in [-0.2, -0.15) is 9.78 Å². The molecule has 2 heterocycles. The summed E-state index contributed by atoms with van der Waals surface area (Å²) in [6.45, 7) is 10.3. The summed E-state index contributed by atoms with van der Waals surface area (Å²) in [5, 5.41) is 5.26. The number of amides is 3. The number of methoxy groups -OCH3 is 1. The molecule has 3 amide bonds. The van der Waals surface area contributed by atoms with Gasteiger partial charge >= 0.3 is 6.09 Å². The summed E-state index contributed by atoms with van der Waals surface area (Å²) < 4.78 is 12.1. The zero-order chi connectivity index (χ0) is 37.4. The van der Waals surface area contributed by atoms with Crippen molar-refractivity contribution in [1.29, 1.82) is 0 Å². The molecule has 11 nitrogen and oxygen atoms in total. The number of carbonyl (C=O) groups excluding carboxylic acids is 4. The molecule has 4 aromatic carbocycles. The van der Waals surface area contributed by atoms with Gasteiger partial charge in [0, 0.05) is 29.2 Å². The molecule has 0 N–H and O–H groups in total. The number of benzene rings is 4. The molecular weight excluding hydrogens is 658 g/mol. The van der Waals surface area contributed by atoms with Crippen molar-refractivity contribution in [2.75, 3.05) is 28.4 Å². The van der Waals surface area contributed by atoms with E-state index < -0.39 is 28.9 Å². The number of nitrogens with zero attached hydrogens (tertiary/aromatic N) is 5. The molecule has 0 radical (unpaired) electrons. The predicted molar refractivity (Wildman–Crippen MR) is 201 cm³/mol. The molecule has 1 aromatic heterocycles. The van der Waals surface area contributed by atoms with Gasteiger partial charge in [0.05, 0.1) is 29.7 Å². The quantitative estimate of drug-likeness (QED) is 0.154. The van der Waals surface area contributed by atoms with Crippen LogP contribution in [-0.4, -0.2) is 58.9 Å². The summed E-state index contributed by atoms with van der Waals surface area (Å²) >= 11 is 0. The third kappa shape index (κ3) is 6.73. The highest BCUT2D eigenvalue weighted by Gasteiger charge is 2.51. The molecule has 6 rings (SSSR count). The van der Waals surface area contributed by atoms with Crippen LogP contribution < -0.4 is 19.4 Å². The topological polar surface area (TPSA) is 114 Å². The van der Waals surface area contributed by atoms with Gasteiger partial charge in [0.2, 0.25) is 17.7 Å². The number of rotatable bonds is 8. The van der Waals surface area contributed by atoms with Gasteiger partial charge in [-0.25, -0.2) is 4.79 Å². The Morgan fingerprint density at radius 3 is 2.08 bits per heavy atom. The van der Waals surface area contributed by atoms with Gasteiger partial charge in [-0.05, 0) is 96.1 Å². The van der Waals surface area contributed by atoms with Crippen LogP contribution in [0.4, 0.5) is 27.5 Å². The van der Waals surface area contributed by atoms with Gasteiger partial charge in [0.25, 0.3) is 0 Å². The molecule has 0 saturated carbocycles. The summed E-state index contributed by atoms with van der Waals surface area (Å²) in [5.41, 5.74) is 0.322. The number of aromatic nitrogens is 2. The number of fused-ring (bicyclic) bond motifs is 2. The van der Waals surface area contributed by atoms with Crippen LogP contribution in [-0.2, 0) is 25.5 Å². The van der Waals surface area contributed by atoms with Gasteiger partial charge < -0.3 is 14.4 Å². The van der Waals surface area contributed by atoms with Gasteiger partial charge in [-0.3, -0.25) is 24.2 Å². The maximum Gasteiger partial charge on any atom is 0.435 e. The van der Waals surface area contributed by atoms with Crippen molar-refractivity contribution in [3.8, 4) is 5.75 Å². The molecule has 1 unspecified atom stereocenters. The van der Waals surface area contributed by atoms with Crippen LogP contribution in [0.3, 0.4) is 0 Å². The summed E-state index contributed by atoms with van der Waals surface area (Å²) in [6, 6.07) is 30.2. The fraction of sp³-hybridized carbons (Fsp3) is 0.293. The number of hydrogen-bond acceptors (Lipinski definition) is 7. The highest BCUT2D eigenvalue weighted by Crippen LogP contribution is 2.44. The first-order valence-electron chi connectivity index (χ1n) is 17.2. The summed E-state index contributed by atoms with van der Waals surface area (Å²) in [7, 11) is 1.57. The highest BCUT2D eigenvalue weighted by molar-refractivity contribution is 6.24. The van der Waals surface area contributed by atoms with Gasteiger partial charge in [0.1, 0.15) is 23.3 Å². The molecule has 0 spiro atoms. The molecule has 52 heavy (non-hydrogen) atoms. The fourth-order valence-corrected chi connectivity index (χ4v) is 6.60. The number of hydrogen-bond donors (Lipinski definition) is 0. The minimum atomic E-state index is -1.78. The van der Waals surface area contributed by atoms with E-state index in [0.29, 0.717) is 45.1 Å². The van der Waals surface area contributed by atoms with E-state index in [2.05, 4.69) is 5.10 Å². The Morgan fingerprint density at radius 1 is 0.827 bits per heavy atom. The number of anilines is 4. The maximum atomic E-state index is 15.2. The lowest BCUT2D eigenvalue weighted by Crippen LogP contribution is -2.53. The SMILES string of the molecule is COc1ccc(N(C(=O)CN2C(=O)C(C)(Cc3nn(C(=O)OC(C)(C)C)c4ccccc34)C(=O)N(c3ccccc3)c3ccccc32)C(C)C)cc1. The van der Waals surface area contributed by atoms with Crippen LogP contribution in [0, 0.1) is 5.41 Å². The van der Waals surface area contributed by atoms with Crippen LogP contribution in [0.2, 0.25) is 0 Å². The fourth-order valence-electron chi connectivity index (χ4n) is 6.60. The zero-order valence-corrected chi connectivity index (χ0v) is 30.5. The van der Waals surface area contributed by atoms with Crippen molar-refractivity contribution < 1.29 is 28.7 Å². The zero-order valence-electron chi connectivity index (χ0n) is 30.5. The van der Waals surface area contributed by atoms with Crippen molar-refractivity contribution in [2.24, 2.45) is 5.41 Å². The van der Waals surface area contributed by atoms with Crippen LogP contribution in [0.1, 0.15) is 47.2 Å². The monoisotopic (exact) mass is 701 g/mol. The Kier molecular flexibility index (Phi) is 9.63. The Hall–Kier alpha value is -5.97. The summed E-state index contributed by atoms with van der Waals surface area (Å²) in [5.74, 6) is -0.775. The third-order valence-electron chi connectivity index (χ3n) is 9.00. The molecule has 1 atom stereocenters. The van der Waals surface area contributed by atoms with Crippen molar-refractivity contribution >= 4 is 57.5 Å². The average molecular weight is 702 g/mol. The van der Waals surface area contributed by atoms with E-state index in [-0.39, 0.29) is 24.9 Å². The number of carbonyl (C=O) groups is 4. The molecule has 0 saturated heterocycles. The van der Waals surface area contributed by atoms with E-state index in [0.717, 1.165) is 0 Å². The summed E-state index contributed by atoms with van der Waals surface area (Å²) in [6.07, 6.45) is -0.855. The number of para-hydroxylation sites is 4. The lowest BCUT2D eigenvalue weighted by atomic mass is 9.81. The molecule has 0 fully saturated rings. The van der Waals surface area contributed by atoms with Gasteiger partial charge in [0.15, 0.2) is 0 Å². The predicted octanol–water partition coefficient (Wildman–Crippen LogP) is 7.53. The molecule has 0 aliphatic carbocycles. The lowest BCUT2D eigenvalue weighted by molar-refractivity contribution is -0.139. The van der Waals surface area contributed by atoms with Crippen molar-refractivity contribution in [3.63, 3.8) is 0 Å². The Labute approximate surface area is 303 Å². The molecule has 11 heteroatoms. The largest absolute Gasteiger partial charge is 0.497 e. The van der Waals surface area contributed by atoms with E-state index >= 15 is 9.59 Å². The normalized spacial score (nSPS) is 16.2. The second-order valence-electron chi connectivity index (χ2n) is 14.3. The minimum absolute atomic E-state index is 0.171. The smallest absolute Gasteiger partial charge is 0.435 e. The van der Waals surface area contributed by atoms with E-state index in [1.54, 1.807) is 119 Å². The van der Waals surface area contributed by atoms with E-state index in [1.807, 2.05) is 38.1 Å². The van der Waals surface area contributed by atoms with E-state index in [9.17, 15) is 9.59 Å². The molecule has 268 valence electrons. The average Bonchev–Trinajstić information content (AvgIpc) is 3.46. The van der Waals surface area contributed by atoms with Crippen LogP contribution in [0.5, 0.6) is 5.75 Å². The molecular formula is C41H43N5O6. The second kappa shape index (κ2) is 14.0. The highest BCUT2D eigenvalue weighted by atomic mass is 16.6. The molecule has 0 bridgehead atoms. The second-order valence-corrected chi connectivity index (χ2v) is 14.3. The Bertz CT molecular complexity index is 2140. The number of ether oxygens (including phenoxy) is 2. The van der Waals surface area contributed by atoms with Gasteiger partial charge in [-0.15, -0.1) is 0 Å².